The molecule has 1 aromatic heterocycles. The molecule has 0 aliphatic rings. The lowest BCUT2D eigenvalue weighted by Crippen LogP contribution is -2.03. The summed E-state index contributed by atoms with van der Waals surface area (Å²) in [4.78, 5) is 12.3. The van der Waals surface area contributed by atoms with Crippen LogP contribution < -0.4 is 0 Å². The van der Waals surface area contributed by atoms with E-state index in [2.05, 4.69) is 20.6 Å². The number of nitrogens with one attached hydrogen (secondary N) is 1. The van der Waals surface area contributed by atoms with Gasteiger partial charge in [-0.2, -0.15) is 5.21 Å². The third kappa shape index (κ3) is 3.02. The summed E-state index contributed by atoms with van der Waals surface area (Å²) in [5.74, 6) is 0.629. The Kier molecular flexibility index (Phi) is 3.55. The van der Waals surface area contributed by atoms with E-state index in [9.17, 15) is 4.79 Å². The number of carbonyl (C=O) groups is 1. The summed E-state index contributed by atoms with van der Waals surface area (Å²) in [5.41, 5.74) is 3.60. The minimum absolute atomic E-state index is 0.101. The largest absolute Gasteiger partial charge is 0.294 e. The molecule has 21 heavy (non-hydrogen) atoms. The number of carbonyl (C=O) groups excluding carboxylic acids is 1. The van der Waals surface area contributed by atoms with Crippen LogP contribution in [0.1, 0.15) is 21.5 Å². The van der Waals surface area contributed by atoms with E-state index in [1.165, 1.54) is 0 Å². The molecule has 0 saturated heterocycles. The molecular weight excluding hydrogens is 264 g/mol. The zero-order chi connectivity index (χ0) is 14.7. The Bertz CT molecular complexity index is 765. The van der Waals surface area contributed by atoms with Crippen LogP contribution in [0.3, 0.4) is 0 Å². The Morgan fingerprint density at radius 3 is 2.76 bits per heavy atom. The highest BCUT2D eigenvalue weighted by atomic mass is 16.1. The normalized spacial score (nSPS) is 10.5. The van der Waals surface area contributed by atoms with Gasteiger partial charge in [-0.1, -0.05) is 42.0 Å². The average molecular weight is 278 g/mol. The fraction of sp³-hybridized carbons (Fsp3) is 0.125. The van der Waals surface area contributed by atoms with Gasteiger partial charge in [-0.3, -0.25) is 4.79 Å². The van der Waals surface area contributed by atoms with E-state index in [4.69, 9.17) is 0 Å². The maximum Gasteiger partial charge on any atom is 0.204 e. The van der Waals surface area contributed by atoms with E-state index in [0.717, 1.165) is 22.3 Å². The van der Waals surface area contributed by atoms with Crippen LogP contribution in [-0.2, 0) is 6.42 Å². The fourth-order valence-corrected chi connectivity index (χ4v) is 2.21. The van der Waals surface area contributed by atoms with Crippen LogP contribution in [0, 0.1) is 6.92 Å². The first-order chi connectivity index (χ1) is 10.2. The molecule has 0 fully saturated rings. The van der Waals surface area contributed by atoms with Gasteiger partial charge in [0.15, 0.2) is 5.78 Å². The number of aryl methyl sites for hydroxylation is 1. The van der Waals surface area contributed by atoms with E-state index in [1.807, 2.05) is 55.5 Å². The van der Waals surface area contributed by atoms with Crippen molar-refractivity contribution in [1.82, 2.24) is 20.6 Å². The first-order valence-corrected chi connectivity index (χ1v) is 6.65. The van der Waals surface area contributed by atoms with Crippen LogP contribution in [-0.4, -0.2) is 26.4 Å². The topological polar surface area (TPSA) is 71.5 Å². The Morgan fingerprint density at radius 1 is 1.14 bits per heavy atom. The summed E-state index contributed by atoms with van der Waals surface area (Å²) in [6.07, 6.45) is 0.356. The molecule has 0 aliphatic carbocycles. The average Bonchev–Trinajstić information content (AvgIpc) is 3.02. The van der Waals surface area contributed by atoms with Crippen LogP contribution >= 0.6 is 0 Å². The molecule has 0 radical (unpaired) electrons. The van der Waals surface area contributed by atoms with Crippen molar-refractivity contribution in [2.75, 3.05) is 0 Å². The first-order valence-electron chi connectivity index (χ1n) is 6.65. The summed E-state index contributed by atoms with van der Waals surface area (Å²) >= 11 is 0. The number of nitrogens with zero attached hydrogens (tertiary/aromatic N) is 3. The van der Waals surface area contributed by atoms with Crippen molar-refractivity contribution in [1.29, 1.82) is 0 Å². The van der Waals surface area contributed by atoms with Gasteiger partial charge in [0.05, 0.1) is 0 Å². The molecule has 0 aliphatic heterocycles. The van der Waals surface area contributed by atoms with Gasteiger partial charge in [-0.15, -0.1) is 10.2 Å². The number of ketones is 1. The Morgan fingerprint density at radius 2 is 2.00 bits per heavy atom. The summed E-state index contributed by atoms with van der Waals surface area (Å²) in [6.45, 7) is 1.98. The number of aromatic amines is 1. The molecule has 3 rings (SSSR count). The quantitative estimate of drug-likeness (QED) is 0.745. The molecule has 1 N–H and O–H groups in total. The van der Waals surface area contributed by atoms with E-state index < -0.39 is 0 Å². The lowest BCUT2D eigenvalue weighted by molar-refractivity contribution is 0.0993. The molecule has 0 unspecified atom stereocenters. The van der Waals surface area contributed by atoms with Crippen molar-refractivity contribution in [2.24, 2.45) is 0 Å². The summed E-state index contributed by atoms with van der Waals surface area (Å²) in [5, 5.41) is 13.9. The van der Waals surface area contributed by atoms with E-state index in [-0.39, 0.29) is 5.78 Å². The molecule has 5 heteroatoms. The molecule has 1 heterocycles. The Hall–Kier alpha value is -2.82. The zero-order valence-corrected chi connectivity index (χ0v) is 11.6. The summed E-state index contributed by atoms with van der Waals surface area (Å²) in [6, 6.07) is 15.3. The Labute approximate surface area is 122 Å². The van der Waals surface area contributed by atoms with Gasteiger partial charge in [-0.05, 0) is 29.8 Å². The second kappa shape index (κ2) is 5.66. The zero-order valence-electron chi connectivity index (χ0n) is 11.6. The van der Waals surface area contributed by atoms with E-state index in [0.29, 0.717) is 12.2 Å². The van der Waals surface area contributed by atoms with E-state index in [1.54, 1.807) is 0 Å². The molecule has 0 saturated carbocycles. The third-order valence-corrected chi connectivity index (χ3v) is 3.24. The monoisotopic (exact) mass is 278 g/mol. The number of hydrogen-bond donors (Lipinski definition) is 1. The van der Waals surface area contributed by atoms with Crippen LogP contribution in [0.5, 0.6) is 0 Å². The van der Waals surface area contributed by atoms with Gasteiger partial charge in [0.2, 0.25) is 5.82 Å². The highest BCUT2D eigenvalue weighted by Gasteiger charge is 2.09. The molecule has 0 bridgehead atoms. The minimum atomic E-state index is 0.101. The Balaban J connectivity index is 1.82. The van der Waals surface area contributed by atoms with Crippen molar-refractivity contribution < 1.29 is 4.79 Å². The minimum Gasteiger partial charge on any atom is -0.294 e. The molecule has 104 valence electrons. The van der Waals surface area contributed by atoms with Gasteiger partial charge >= 0.3 is 0 Å². The highest BCUT2D eigenvalue weighted by molar-refractivity contribution is 5.97. The maximum absolute atomic E-state index is 12.3. The maximum atomic E-state index is 12.3. The molecular formula is C16H14N4O. The number of aromatic nitrogens is 4. The smallest absolute Gasteiger partial charge is 0.204 e. The van der Waals surface area contributed by atoms with Crippen LogP contribution in [0.15, 0.2) is 48.5 Å². The lowest BCUT2D eigenvalue weighted by Gasteiger charge is -2.04. The summed E-state index contributed by atoms with van der Waals surface area (Å²) < 4.78 is 0. The number of tetrazole rings is 1. The van der Waals surface area contributed by atoms with Crippen molar-refractivity contribution >= 4 is 5.78 Å². The van der Waals surface area contributed by atoms with Gasteiger partial charge in [0.1, 0.15) is 0 Å². The fourth-order valence-electron chi connectivity index (χ4n) is 2.21. The summed E-state index contributed by atoms with van der Waals surface area (Å²) in [7, 11) is 0. The van der Waals surface area contributed by atoms with Gasteiger partial charge in [-0.25, -0.2) is 0 Å². The van der Waals surface area contributed by atoms with E-state index >= 15 is 0 Å². The number of Topliss-reactive ketones (excluding diaryl/α,β-unsaturated/α-hetero) is 1. The van der Waals surface area contributed by atoms with Crippen LogP contribution in [0.2, 0.25) is 0 Å². The molecule has 0 spiro atoms. The number of H-pyrrole nitrogens is 1. The molecule has 2 aromatic carbocycles. The number of rotatable bonds is 4. The van der Waals surface area contributed by atoms with Crippen molar-refractivity contribution in [2.45, 2.75) is 13.3 Å². The first kappa shape index (κ1) is 13.2. The molecule has 3 aromatic rings. The van der Waals surface area contributed by atoms with Gasteiger partial charge in [0.25, 0.3) is 0 Å². The number of hydrogen-bond acceptors (Lipinski definition) is 4. The second-order valence-electron chi connectivity index (χ2n) is 4.91. The van der Waals surface area contributed by atoms with Crippen molar-refractivity contribution in [3.63, 3.8) is 0 Å². The van der Waals surface area contributed by atoms with Crippen LogP contribution in [0.4, 0.5) is 0 Å². The molecule has 0 amide bonds. The van der Waals surface area contributed by atoms with Gasteiger partial charge < -0.3 is 0 Å². The standard InChI is InChI=1S/C16H14N4O/c1-11-4-2-6-13(8-11)15(21)10-12-5-3-7-14(9-12)16-17-19-20-18-16/h2-9H,10H2,1H3,(H,17,18,19,20). The van der Waals surface area contributed by atoms with Crippen LogP contribution in [0.25, 0.3) is 11.4 Å². The predicted molar refractivity (Wildman–Crippen MR) is 78.8 cm³/mol. The van der Waals surface area contributed by atoms with Crippen molar-refractivity contribution in [3.05, 3.63) is 65.2 Å². The second-order valence-corrected chi connectivity index (χ2v) is 4.91. The lowest BCUT2D eigenvalue weighted by atomic mass is 10.00. The third-order valence-electron chi connectivity index (χ3n) is 3.24. The highest BCUT2D eigenvalue weighted by Crippen LogP contribution is 2.17. The molecule has 0 atom stereocenters. The molecule has 5 nitrogen and oxygen atoms in total. The van der Waals surface area contributed by atoms with Crippen molar-refractivity contribution in [3.8, 4) is 11.4 Å². The predicted octanol–water partition coefficient (Wildman–Crippen LogP) is 2.60. The number of benzene rings is 2. The SMILES string of the molecule is Cc1cccc(C(=O)Cc2cccc(-c3nn[nH]n3)c2)c1. The van der Waals surface area contributed by atoms with Gasteiger partial charge in [0, 0.05) is 17.5 Å².